The van der Waals surface area contributed by atoms with E-state index in [2.05, 4.69) is 10.1 Å². The summed E-state index contributed by atoms with van der Waals surface area (Å²) in [4.78, 5) is 4.22. The van der Waals surface area contributed by atoms with Gasteiger partial charge in [0.15, 0.2) is 5.82 Å². The molecule has 2 rings (SSSR count). The molecule has 0 saturated heterocycles. The number of benzene rings is 1. The summed E-state index contributed by atoms with van der Waals surface area (Å²) in [5.41, 5.74) is 7.19. The maximum absolute atomic E-state index is 6.01. The Labute approximate surface area is 94.5 Å². The summed E-state index contributed by atoms with van der Waals surface area (Å²) in [6.45, 7) is 1.97. The lowest BCUT2D eigenvalue weighted by atomic mass is 10.1. The third-order valence-corrected chi connectivity index (χ3v) is 2.42. The zero-order valence-electron chi connectivity index (χ0n) is 9.26. The zero-order chi connectivity index (χ0) is 11.4. The van der Waals surface area contributed by atoms with E-state index in [1.54, 1.807) is 0 Å². The molecule has 0 amide bonds. The molecule has 1 aromatic carbocycles. The predicted molar refractivity (Wildman–Crippen MR) is 60.8 cm³/mol. The van der Waals surface area contributed by atoms with Gasteiger partial charge in [-0.25, -0.2) is 0 Å². The Morgan fingerprint density at radius 3 is 2.69 bits per heavy atom. The lowest BCUT2D eigenvalue weighted by Crippen LogP contribution is -2.15. The van der Waals surface area contributed by atoms with Gasteiger partial charge in [0.25, 0.3) is 0 Å². The summed E-state index contributed by atoms with van der Waals surface area (Å²) in [5, 5.41) is 3.87. The van der Waals surface area contributed by atoms with Crippen molar-refractivity contribution in [1.82, 2.24) is 10.1 Å². The van der Waals surface area contributed by atoms with Crippen molar-refractivity contribution < 1.29 is 4.52 Å². The van der Waals surface area contributed by atoms with Crippen molar-refractivity contribution in [3.8, 4) is 0 Å². The van der Waals surface area contributed by atoms with E-state index in [0.717, 1.165) is 12.8 Å². The monoisotopic (exact) mass is 217 g/mol. The van der Waals surface area contributed by atoms with Crippen LogP contribution < -0.4 is 5.73 Å². The number of aryl methyl sites for hydroxylation is 1. The Balaban J connectivity index is 2.05. The molecule has 84 valence electrons. The van der Waals surface area contributed by atoms with Crippen LogP contribution >= 0.6 is 0 Å². The molecule has 4 heteroatoms. The van der Waals surface area contributed by atoms with Crippen molar-refractivity contribution in [3.05, 3.63) is 47.6 Å². The second kappa shape index (κ2) is 4.90. The van der Waals surface area contributed by atoms with Gasteiger partial charge in [-0.05, 0) is 12.0 Å². The second-order valence-electron chi connectivity index (χ2n) is 3.70. The van der Waals surface area contributed by atoms with Crippen molar-refractivity contribution in [2.75, 3.05) is 0 Å². The van der Waals surface area contributed by atoms with Gasteiger partial charge in [0.1, 0.15) is 0 Å². The normalized spacial score (nSPS) is 12.6. The molecule has 0 radical (unpaired) electrons. The molecule has 0 spiro atoms. The van der Waals surface area contributed by atoms with Crippen molar-refractivity contribution in [1.29, 1.82) is 0 Å². The van der Waals surface area contributed by atoms with Gasteiger partial charge in [-0.1, -0.05) is 42.4 Å². The van der Waals surface area contributed by atoms with Gasteiger partial charge in [-0.2, -0.15) is 4.98 Å². The molecule has 0 fully saturated rings. The smallest absolute Gasteiger partial charge is 0.226 e. The lowest BCUT2D eigenvalue weighted by Gasteiger charge is -2.06. The minimum atomic E-state index is -0.202. The highest BCUT2D eigenvalue weighted by Crippen LogP contribution is 2.13. The summed E-state index contributed by atoms with van der Waals surface area (Å²) < 4.78 is 5.03. The van der Waals surface area contributed by atoms with E-state index in [9.17, 15) is 0 Å². The fourth-order valence-corrected chi connectivity index (χ4v) is 1.52. The molecule has 1 atom stereocenters. The summed E-state index contributed by atoms with van der Waals surface area (Å²) >= 11 is 0. The van der Waals surface area contributed by atoms with Crippen LogP contribution in [0.1, 0.15) is 30.2 Å². The molecule has 1 heterocycles. The van der Waals surface area contributed by atoms with Crippen LogP contribution in [0.25, 0.3) is 0 Å². The number of nitrogens with two attached hydrogens (primary N) is 1. The molecule has 0 aliphatic heterocycles. The lowest BCUT2D eigenvalue weighted by molar-refractivity contribution is 0.373. The molecular formula is C12H15N3O. The maximum Gasteiger partial charge on any atom is 0.226 e. The van der Waals surface area contributed by atoms with Crippen LogP contribution in [-0.4, -0.2) is 10.1 Å². The maximum atomic E-state index is 6.01. The molecule has 0 aliphatic rings. The van der Waals surface area contributed by atoms with Crippen LogP contribution in [0, 0.1) is 0 Å². The average Bonchev–Trinajstić information content (AvgIpc) is 2.79. The molecule has 1 unspecified atom stereocenters. The van der Waals surface area contributed by atoms with Crippen LogP contribution in [0.5, 0.6) is 0 Å². The Hall–Kier alpha value is -1.68. The standard InChI is InChI=1S/C12H15N3O/c1-2-11-14-12(15-16-11)10(13)8-9-6-4-3-5-7-9/h3-7,10H,2,8,13H2,1H3. The fraction of sp³-hybridized carbons (Fsp3) is 0.333. The van der Waals surface area contributed by atoms with Gasteiger partial charge in [-0.15, -0.1) is 0 Å². The average molecular weight is 217 g/mol. The van der Waals surface area contributed by atoms with Gasteiger partial charge in [-0.3, -0.25) is 0 Å². The quantitative estimate of drug-likeness (QED) is 0.849. The highest BCUT2D eigenvalue weighted by molar-refractivity contribution is 5.16. The van der Waals surface area contributed by atoms with Crippen LogP contribution in [-0.2, 0) is 12.8 Å². The van der Waals surface area contributed by atoms with Gasteiger partial charge < -0.3 is 10.3 Å². The molecule has 4 nitrogen and oxygen atoms in total. The molecule has 1 aromatic heterocycles. The molecule has 2 aromatic rings. The molecule has 2 N–H and O–H groups in total. The van der Waals surface area contributed by atoms with Gasteiger partial charge >= 0.3 is 0 Å². The Morgan fingerprint density at radius 1 is 1.31 bits per heavy atom. The number of hydrogen-bond donors (Lipinski definition) is 1. The first-order valence-corrected chi connectivity index (χ1v) is 5.41. The molecule has 0 saturated carbocycles. The first-order valence-electron chi connectivity index (χ1n) is 5.41. The molecular weight excluding hydrogens is 202 g/mol. The molecule has 16 heavy (non-hydrogen) atoms. The van der Waals surface area contributed by atoms with Gasteiger partial charge in [0, 0.05) is 6.42 Å². The van der Waals surface area contributed by atoms with E-state index in [-0.39, 0.29) is 6.04 Å². The van der Waals surface area contributed by atoms with E-state index in [0.29, 0.717) is 11.7 Å². The van der Waals surface area contributed by atoms with Crippen molar-refractivity contribution in [3.63, 3.8) is 0 Å². The van der Waals surface area contributed by atoms with E-state index in [1.165, 1.54) is 5.56 Å². The molecule has 0 aliphatic carbocycles. The van der Waals surface area contributed by atoms with Crippen LogP contribution in [0.2, 0.25) is 0 Å². The highest BCUT2D eigenvalue weighted by Gasteiger charge is 2.13. The van der Waals surface area contributed by atoms with Crippen molar-refractivity contribution in [2.24, 2.45) is 5.73 Å². The predicted octanol–water partition coefficient (Wildman–Crippen LogP) is 1.87. The Morgan fingerprint density at radius 2 is 2.06 bits per heavy atom. The SMILES string of the molecule is CCc1nc(C(N)Cc2ccccc2)no1. The third-order valence-electron chi connectivity index (χ3n) is 2.42. The first-order chi connectivity index (χ1) is 7.79. The number of rotatable bonds is 4. The molecule has 0 bridgehead atoms. The van der Waals surface area contributed by atoms with Gasteiger partial charge in [0.2, 0.25) is 5.89 Å². The number of hydrogen-bond acceptors (Lipinski definition) is 4. The van der Waals surface area contributed by atoms with Crippen LogP contribution in [0.4, 0.5) is 0 Å². The zero-order valence-corrected chi connectivity index (χ0v) is 9.26. The van der Waals surface area contributed by atoms with Gasteiger partial charge in [0.05, 0.1) is 6.04 Å². The van der Waals surface area contributed by atoms with E-state index in [4.69, 9.17) is 10.3 Å². The summed E-state index contributed by atoms with van der Waals surface area (Å²) in [6, 6.07) is 9.86. The summed E-state index contributed by atoms with van der Waals surface area (Å²) in [7, 11) is 0. The topological polar surface area (TPSA) is 64.9 Å². The highest BCUT2D eigenvalue weighted by atomic mass is 16.5. The Kier molecular flexibility index (Phi) is 3.31. The third kappa shape index (κ3) is 2.46. The van der Waals surface area contributed by atoms with Crippen molar-refractivity contribution >= 4 is 0 Å². The number of nitrogens with zero attached hydrogens (tertiary/aromatic N) is 2. The van der Waals surface area contributed by atoms with Crippen LogP contribution in [0.3, 0.4) is 0 Å². The summed E-state index contributed by atoms with van der Waals surface area (Å²) in [5.74, 6) is 1.22. The minimum absolute atomic E-state index is 0.202. The first kappa shape index (κ1) is 10.8. The van der Waals surface area contributed by atoms with Crippen molar-refractivity contribution in [2.45, 2.75) is 25.8 Å². The van der Waals surface area contributed by atoms with E-state index >= 15 is 0 Å². The van der Waals surface area contributed by atoms with E-state index in [1.807, 2.05) is 37.3 Å². The van der Waals surface area contributed by atoms with Crippen LogP contribution in [0.15, 0.2) is 34.9 Å². The minimum Gasteiger partial charge on any atom is -0.339 e. The summed E-state index contributed by atoms with van der Waals surface area (Å²) in [6.07, 6.45) is 1.47. The van der Waals surface area contributed by atoms with E-state index < -0.39 is 0 Å². The fourth-order valence-electron chi connectivity index (χ4n) is 1.52. The Bertz CT molecular complexity index is 439. The number of aromatic nitrogens is 2. The second-order valence-corrected chi connectivity index (χ2v) is 3.70. The largest absolute Gasteiger partial charge is 0.339 e.